The van der Waals surface area contributed by atoms with Crippen molar-refractivity contribution in [3.8, 4) is 0 Å². The highest BCUT2D eigenvalue weighted by Gasteiger charge is 2.27. The second-order valence-electron chi connectivity index (χ2n) is 4.98. The molecule has 7 heteroatoms. The molecule has 1 aliphatic rings. The van der Waals surface area contributed by atoms with Crippen LogP contribution in [-0.4, -0.2) is 30.8 Å². The molecule has 22 heavy (non-hydrogen) atoms. The first-order valence-corrected chi connectivity index (χ1v) is 9.59. The van der Waals surface area contributed by atoms with Gasteiger partial charge in [-0.1, -0.05) is 35.5 Å². The van der Waals surface area contributed by atoms with E-state index in [1.807, 2.05) is 24.3 Å². The van der Waals surface area contributed by atoms with Gasteiger partial charge in [0.1, 0.15) is 9.92 Å². The standard InChI is InChI=1S/C15H15ClN2O2S2/c16-13-5-1-2-6-14(13)21-15-8-7-12(11-17-15)22(19,20)18-9-3-4-10-18/h1-2,5-8,11H,3-4,9-10H2. The maximum Gasteiger partial charge on any atom is 0.244 e. The van der Waals surface area contributed by atoms with Crippen LogP contribution in [0.15, 0.2) is 57.4 Å². The Morgan fingerprint density at radius 2 is 1.82 bits per heavy atom. The van der Waals surface area contributed by atoms with Crippen LogP contribution >= 0.6 is 23.4 Å². The zero-order chi connectivity index (χ0) is 15.6. The van der Waals surface area contributed by atoms with Crippen LogP contribution in [0, 0.1) is 0 Å². The molecule has 0 spiro atoms. The van der Waals surface area contributed by atoms with E-state index < -0.39 is 10.0 Å². The molecule has 2 aromatic rings. The Bertz CT molecular complexity index is 757. The van der Waals surface area contributed by atoms with Gasteiger partial charge in [0.05, 0.1) is 5.02 Å². The van der Waals surface area contributed by atoms with Crippen LogP contribution in [0.1, 0.15) is 12.8 Å². The van der Waals surface area contributed by atoms with Crippen LogP contribution in [0.4, 0.5) is 0 Å². The van der Waals surface area contributed by atoms with E-state index in [4.69, 9.17) is 11.6 Å². The van der Waals surface area contributed by atoms with Crippen molar-refractivity contribution in [3.05, 3.63) is 47.6 Å². The third-order valence-corrected chi connectivity index (χ3v) is 6.81. The minimum absolute atomic E-state index is 0.248. The summed E-state index contributed by atoms with van der Waals surface area (Å²) in [6.07, 6.45) is 3.27. The number of sulfonamides is 1. The van der Waals surface area contributed by atoms with E-state index in [1.165, 1.54) is 22.3 Å². The molecule has 2 heterocycles. The van der Waals surface area contributed by atoms with Crippen LogP contribution in [0.5, 0.6) is 0 Å². The molecule has 0 N–H and O–H groups in total. The van der Waals surface area contributed by atoms with Gasteiger partial charge in [0.25, 0.3) is 0 Å². The average Bonchev–Trinajstić information content (AvgIpc) is 3.05. The molecule has 0 unspecified atom stereocenters. The Balaban J connectivity index is 1.80. The van der Waals surface area contributed by atoms with Gasteiger partial charge in [-0.25, -0.2) is 13.4 Å². The topological polar surface area (TPSA) is 50.3 Å². The fourth-order valence-electron chi connectivity index (χ4n) is 2.30. The van der Waals surface area contributed by atoms with E-state index in [0.717, 1.165) is 17.7 Å². The summed E-state index contributed by atoms with van der Waals surface area (Å²) in [4.78, 5) is 5.39. The van der Waals surface area contributed by atoms with Gasteiger partial charge >= 0.3 is 0 Å². The normalized spacial score (nSPS) is 16.0. The molecular weight excluding hydrogens is 340 g/mol. The highest BCUT2D eigenvalue weighted by Crippen LogP contribution is 2.32. The molecule has 1 saturated heterocycles. The van der Waals surface area contributed by atoms with Crippen LogP contribution < -0.4 is 0 Å². The lowest BCUT2D eigenvalue weighted by atomic mass is 10.4. The molecule has 0 bridgehead atoms. The number of pyridine rings is 1. The Morgan fingerprint density at radius 3 is 2.45 bits per heavy atom. The summed E-state index contributed by atoms with van der Waals surface area (Å²) in [6, 6.07) is 10.8. The average molecular weight is 355 g/mol. The van der Waals surface area contributed by atoms with Crippen LogP contribution in [0.2, 0.25) is 5.02 Å². The number of rotatable bonds is 4. The lowest BCUT2D eigenvalue weighted by Crippen LogP contribution is -2.27. The Labute approximate surface area is 139 Å². The molecule has 116 valence electrons. The predicted octanol–water partition coefficient (Wildman–Crippen LogP) is 3.67. The van der Waals surface area contributed by atoms with Crippen LogP contribution in [0.25, 0.3) is 0 Å². The van der Waals surface area contributed by atoms with Crippen molar-refractivity contribution in [2.24, 2.45) is 0 Å². The minimum Gasteiger partial charge on any atom is -0.248 e. The Kier molecular flexibility index (Phi) is 4.73. The minimum atomic E-state index is -3.40. The number of nitrogens with zero attached hydrogens (tertiary/aromatic N) is 2. The van der Waals surface area contributed by atoms with Gasteiger partial charge < -0.3 is 0 Å². The summed E-state index contributed by atoms with van der Waals surface area (Å²) in [7, 11) is -3.40. The third-order valence-electron chi connectivity index (χ3n) is 3.46. The molecule has 0 atom stereocenters. The number of benzene rings is 1. The van der Waals surface area contributed by atoms with Crippen LogP contribution in [-0.2, 0) is 10.0 Å². The Morgan fingerprint density at radius 1 is 1.09 bits per heavy atom. The van der Waals surface area contributed by atoms with Crippen molar-refractivity contribution >= 4 is 33.4 Å². The van der Waals surface area contributed by atoms with Crippen molar-refractivity contribution in [2.75, 3.05) is 13.1 Å². The number of aromatic nitrogens is 1. The maximum atomic E-state index is 12.4. The number of halogens is 1. The van der Waals surface area contributed by atoms with E-state index in [1.54, 1.807) is 12.1 Å². The molecule has 0 radical (unpaired) electrons. The van der Waals surface area contributed by atoms with E-state index in [0.29, 0.717) is 23.1 Å². The summed E-state index contributed by atoms with van der Waals surface area (Å²) < 4.78 is 26.4. The van der Waals surface area contributed by atoms with Crippen molar-refractivity contribution in [2.45, 2.75) is 27.7 Å². The lowest BCUT2D eigenvalue weighted by Gasteiger charge is -2.15. The SMILES string of the molecule is O=S(=O)(c1ccc(Sc2ccccc2Cl)nc1)N1CCCC1. The van der Waals surface area contributed by atoms with Crippen molar-refractivity contribution in [1.29, 1.82) is 0 Å². The van der Waals surface area contributed by atoms with E-state index in [-0.39, 0.29) is 4.90 Å². The fourth-order valence-corrected chi connectivity index (χ4v) is 4.79. The summed E-state index contributed by atoms with van der Waals surface area (Å²) in [5.74, 6) is 0. The fraction of sp³-hybridized carbons (Fsp3) is 0.267. The molecule has 3 rings (SSSR count). The number of hydrogen-bond donors (Lipinski definition) is 0. The second-order valence-corrected chi connectivity index (χ2v) is 8.38. The second kappa shape index (κ2) is 6.58. The highest BCUT2D eigenvalue weighted by molar-refractivity contribution is 7.99. The molecule has 0 amide bonds. The largest absolute Gasteiger partial charge is 0.248 e. The van der Waals surface area contributed by atoms with Crippen molar-refractivity contribution < 1.29 is 8.42 Å². The van der Waals surface area contributed by atoms with E-state index in [2.05, 4.69) is 4.98 Å². The van der Waals surface area contributed by atoms with Gasteiger partial charge in [0.2, 0.25) is 10.0 Å². The molecule has 4 nitrogen and oxygen atoms in total. The zero-order valence-corrected chi connectivity index (χ0v) is 14.2. The molecule has 1 aromatic carbocycles. The quantitative estimate of drug-likeness (QED) is 0.840. The van der Waals surface area contributed by atoms with Gasteiger partial charge in [-0.05, 0) is 37.1 Å². The van der Waals surface area contributed by atoms with Gasteiger partial charge in [-0.3, -0.25) is 0 Å². The number of hydrogen-bond acceptors (Lipinski definition) is 4. The van der Waals surface area contributed by atoms with Crippen molar-refractivity contribution in [3.63, 3.8) is 0 Å². The van der Waals surface area contributed by atoms with Gasteiger partial charge in [0, 0.05) is 24.2 Å². The van der Waals surface area contributed by atoms with Crippen LogP contribution in [0.3, 0.4) is 0 Å². The van der Waals surface area contributed by atoms with Crippen molar-refractivity contribution in [1.82, 2.24) is 9.29 Å². The van der Waals surface area contributed by atoms with E-state index in [9.17, 15) is 8.42 Å². The third kappa shape index (κ3) is 3.30. The van der Waals surface area contributed by atoms with Gasteiger partial charge in [-0.15, -0.1) is 0 Å². The zero-order valence-electron chi connectivity index (χ0n) is 11.8. The molecule has 1 aromatic heterocycles. The molecule has 1 fully saturated rings. The Hall–Kier alpha value is -1.08. The van der Waals surface area contributed by atoms with Gasteiger partial charge in [-0.2, -0.15) is 4.31 Å². The molecule has 1 aliphatic heterocycles. The highest BCUT2D eigenvalue weighted by atomic mass is 35.5. The maximum absolute atomic E-state index is 12.4. The first-order chi connectivity index (χ1) is 10.6. The predicted molar refractivity (Wildman–Crippen MR) is 87.8 cm³/mol. The van der Waals surface area contributed by atoms with E-state index >= 15 is 0 Å². The monoisotopic (exact) mass is 354 g/mol. The summed E-state index contributed by atoms with van der Waals surface area (Å²) in [5, 5.41) is 1.37. The summed E-state index contributed by atoms with van der Waals surface area (Å²) >= 11 is 7.53. The first kappa shape index (κ1) is 15.8. The van der Waals surface area contributed by atoms with Gasteiger partial charge in [0.15, 0.2) is 0 Å². The lowest BCUT2D eigenvalue weighted by molar-refractivity contribution is 0.477. The summed E-state index contributed by atoms with van der Waals surface area (Å²) in [6.45, 7) is 1.19. The summed E-state index contributed by atoms with van der Waals surface area (Å²) in [5.41, 5.74) is 0. The molecular formula is C15H15ClN2O2S2. The first-order valence-electron chi connectivity index (χ1n) is 6.96. The molecule has 0 aliphatic carbocycles. The smallest absolute Gasteiger partial charge is 0.244 e. The molecule has 0 saturated carbocycles.